The van der Waals surface area contributed by atoms with Gasteiger partial charge >= 0.3 is 0 Å². The van der Waals surface area contributed by atoms with E-state index >= 15 is 0 Å². The Bertz CT molecular complexity index is 623. The molecule has 0 bridgehead atoms. The highest BCUT2D eigenvalue weighted by molar-refractivity contribution is 7.09. The number of nitrogens with zero attached hydrogens (tertiary/aromatic N) is 4. The molecule has 3 heterocycles. The summed E-state index contributed by atoms with van der Waals surface area (Å²) in [6, 6.07) is 2.04. The molecule has 0 aromatic carbocycles. The lowest BCUT2D eigenvalue weighted by atomic mass is 9.98. The van der Waals surface area contributed by atoms with Crippen molar-refractivity contribution in [1.29, 1.82) is 0 Å². The summed E-state index contributed by atoms with van der Waals surface area (Å²) in [7, 11) is 0. The van der Waals surface area contributed by atoms with Crippen molar-refractivity contribution in [3.63, 3.8) is 0 Å². The maximum absolute atomic E-state index is 4.79. The van der Waals surface area contributed by atoms with Crippen molar-refractivity contribution in [1.82, 2.24) is 15.0 Å². The highest BCUT2D eigenvalue weighted by atomic mass is 32.1. The van der Waals surface area contributed by atoms with Crippen molar-refractivity contribution in [2.45, 2.75) is 51.9 Å². The van der Waals surface area contributed by atoms with Gasteiger partial charge in [-0.2, -0.15) is 0 Å². The molecule has 0 radical (unpaired) electrons. The van der Waals surface area contributed by atoms with Crippen molar-refractivity contribution < 1.29 is 0 Å². The Morgan fingerprint density at radius 3 is 2.95 bits per heavy atom. The summed E-state index contributed by atoms with van der Waals surface area (Å²) in [5, 5.41) is 3.50. The molecule has 1 aliphatic heterocycles. The molecule has 1 atom stereocenters. The topological polar surface area (TPSA) is 41.9 Å². The van der Waals surface area contributed by atoms with E-state index in [1.165, 1.54) is 23.5 Å². The smallest absolute Gasteiger partial charge is 0.133 e. The van der Waals surface area contributed by atoms with Crippen LogP contribution in [0.2, 0.25) is 0 Å². The van der Waals surface area contributed by atoms with Crippen LogP contribution in [0.3, 0.4) is 0 Å². The third-order valence-corrected chi connectivity index (χ3v) is 5.26. The Kier molecular flexibility index (Phi) is 4.71. The number of hydrogen-bond acceptors (Lipinski definition) is 5. The quantitative estimate of drug-likeness (QED) is 0.855. The van der Waals surface area contributed by atoms with Crippen LogP contribution in [0.15, 0.2) is 17.6 Å². The van der Waals surface area contributed by atoms with E-state index in [-0.39, 0.29) is 0 Å². The fourth-order valence-electron chi connectivity index (χ4n) is 2.88. The van der Waals surface area contributed by atoms with Gasteiger partial charge in [0.15, 0.2) is 0 Å². The number of anilines is 1. The lowest BCUT2D eigenvalue weighted by molar-refractivity contribution is 0.503. The van der Waals surface area contributed by atoms with Crippen molar-refractivity contribution >= 4 is 17.2 Å². The maximum Gasteiger partial charge on any atom is 0.133 e. The van der Waals surface area contributed by atoms with E-state index in [4.69, 9.17) is 9.97 Å². The maximum atomic E-state index is 4.79. The Hall–Kier alpha value is -1.49. The van der Waals surface area contributed by atoms with Gasteiger partial charge in [-0.1, -0.05) is 20.8 Å². The van der Waals surface area contributed by atoms with Gasteiger partial charge < -0.3 is 4.90 Å². The highest BCUT2D eigenvalue weighted by Gasteiger charge is 2.24. The average molecular weight is 316 g/mol. The summed E-state index contributed by atoms with van der Waals surface area (Å²) < 4.78 is 0. The Morgan fingerprint density at radius 1 is 1.36 bits per heavy atom. The van der Waals surface area contributed by atoms with Crippen LogP contribution in [0.25, 0.3) is 0 Å². The van der Waals surface area contributed by atoms with Crippen molar-refractivity contribution in [3.05, 3.63) is 34.2 Å². The molecule has 0 aliphatic carbocycles. The van der Waals surface area contributed by atoms with Gasteiger partial charge in [0.1, 0.15) is 11.6 Å². The molecule has 118 valence electrons. The van der Waals surface area contributed by atoms with Gasteiger partial charge in [-0.25, -0.2) is 15.0 Å². The lowest BCUT2D eigenvalue weighted by Gasteiger charge is -2.32. The largest absolute Gasteiger partial charge is 0.356 e. The fourth-order valence-corrected chi connectivity index (χ4v) is 3.91. The molecule has 1 unspecified atom stereocenters. The molecule has 2 aromatic rings. The molecule has 1 saturated heterocycles. The first-order chi connectivity index (χ1) is 10.7. The van der Waals surface area contributed by atoms with Crippen molar-refractivity contribution in [2.24, 2.45) is 0 Å². The van der Waals surface area contributed by atoms with Crippen LogP contribution < -0.4 is 4.90 Å². The minimum absolute atomic E-state index is 0.367. The number of rotatable bonds is 4. The van der Waals surface area contributed by atoms with E-state index in [1.54, 1.807) is 0 Å². The summed E-state index contributed by atoms with van der Waals surface area (Å²) in [6.07, 6.45) is 5.35. The molecule has 1 aliphatic rings. The van der Waals surface area contributed by atoms with Gasteiger partial charge in [-0.3, -0.25) is 0 Å². The number of thiazole rings is 1. The van der Waals surface area contributed by atoms with E-state index < -0.39 is 0 Å². The molecular weight excluding hydrogens is 292 g/mol. The molecule has 2 aromatic heterocycles. The van der Waals surface area contributed by atoms with Gasteiger partial charge in [0.05, 0.1) is 10.7 Å². The minimum Gasteiger partial charge on any atom is -0.356 e. The minimum atomic E-state index is 0.367. The van der Waals surface area contributed by atoms with Crippen LogP contribution in [-0.2, 0) is 6.42 Å². The van der Waals surface area contributed by atoms with E-state index in [0.717, 1.165) is 31.2 Å². The van der Waals surface area contributed by atoms with E-state index in [0.29, 0.717) is 11.8 Å². The molecule has 0 amide bonds. The zero-order valence-electron chi connectivity index (χ0n) is 13.6. The monoisotopic (exact) mass is 316 g/mol. The van der Waals surface area contributed by atoms with E-state index in [2.05, 4.69) is 36.0 Å². The lowest BCUT2D eigenvalue weighted by Crippen LogP contribution is -2.35. The van der Waals surface area contributed by atoms with E-state index in [9.17, 15) is 0 Å². The molecule has 0 spiro atoms. The first-order valence-electron chi connectivity index (χ1n) is 8.19. The number of aromatic nitrogens is 3. The van der Waals surface area contributed by atoms with Gasteiger partial charge in [-0.05, 0) is 25.3 Å². The van der Waals surface area contributed by atoms with Crippen LogP contribution in [-0.4, -0.2) is 28.0 Å². The van der Waals surface area contributed by atoms with Gasteiger partial charge in [-0.15, -0.1) is 11.3 Å². The third kappa shape index (κ3) is 3.29. The molecule has 3 rings (SSSR count). The van der Waals surface area contributed by atoms with E-state index in [1.807, 2.05) is 23.6 Å². The zero-order valence-corrected chi connectivity index (χ0v) is 14.4. The summed E-state index contributed by atoms with van der Waals surface area (Å²) in [5.41, 5.74) is 1.22. The highest BCUT2D eigenvalue weighted by Crippen LogP contribution is 2.31. The Balaban J connectivity index is 1.76. The van der Waals surface area contributed by atoms with Gasteiger partial charge in [0.25, 0.3) is 0 Å². The molecule has 22 heavy (non-hydrogen) atoms. The first kappa shape index (κ1) is 15.4. The average Bonchev–Trinajstić information content (AvgIpc) is 3.04. The van der Waals surface area contributed by atoms with Crippen LogP contribution in [0.4, 0.5) is 5.82 Å². The summed E-state index contributed by atoms with van der Waals surface area (Å²) in [6.45, 7) is 8.54. The summed E-state index contributed by atoms with van der Waals surface area (Å²) in [4.78, 5) is 16.3. The fraction of sp³-hybridized carbons (Fsp3) is 0.588. The molecule has 1 fully saturated rings. The van der Waals surface area contributed by atoms with Crippen LogP contribution in [0, 0.1) is 0 Å². The standard InChI is InChI=1S/C17H24N4S/c1-4-14-11-22-17(19-14)13-6-5-9-21(10-13)15-7-8-18-16(20-15)12(2)3/h7-8,11-13H,4-6,9-10H2,1-3H3. The summed E-state index contributed by atoms with van der Waals surface area (Å²) >= 11 is 1.82. The molecule has 0 saturated carbocycles. The van der Waals surface area contributed by atoms with Crippen LogP contribution in [0.5, 0.6) is 0 Å². The second-order valence-corrected chi connectivity index (χ2v) is 7.13. The second kappa shape index (κ2) is 6.73. The molecule has 5 heteroatoms. The summed E-state index contributed by atoms with van der Waals surface area (Å²) in [5.74, 6) is 2.90. The zero-order chi connectivity index (χ0) is 15.5. The first-order valence-corrected chi connectivity index (χ1v) is 9.07. The van der Waals surface area contributed by atoms with Gasteiger partial charge in [0, 0.05) is 36.5 Å². The van der Waals surface area contributed by atoms with Crippen LogP contribution in [0.1, 0.15) is 62.0 Å². The predicted molar refractivity (Wildman–Crippen MR) is 91.8 cm³/mol. The Morgan fingerprint density at radius 2 is 2.23 bits per heavy atom. The second-order valence-electron chi connectivity index (χ2n) is 6.24. The third-order valence-electron chi connectivity index (χ3n) is 4.20. The van der Waals surface area contributed by atoms with Crippen molar-refractivity contribution in [2.75, 3.05) is 18.0 Å². The van der Waals surface area contributed by atoms with Crippen LogP contribution >= 0.6 is 11.3 Å². The number of piperidine rings is 1. The SMILES string of the molecule is CCc1csc(C2CCCN(c3ccnc(C(C)C)n3)C2)n1. The number of hydrogen-bond donors (Lipinski definition) is 0. The number of aryl methyl sites for hydroxylation is 1. The van der Waals surface area contributed by atoms with Crippen molar-refractivity contribution in [3.8, 4) is 0 Å². The Labute approximate surface area is 136 Å². The van der Waals surface area contributed by atoms with Gasteiger partial charge in [0.2, 0.25) is 0 Å². The molecular formula is C17H24N4S. The molecule has 4 nitrogen and oxygen atoms in total. The molecule has 0 N–H and O–H groups in total. The normalized spacial score (nSPS) is 18.9. The predicted octanol–water partition coefficient (Wildman–Crippen LogP) is 4.00.